The zero-order valence-electron chi connectivity index (χ0n) is 29.2. The number of aliphatic carboxylic acids is 1. The van der Waals surface area contributed by atoms with Crippen LogP contribution in [-0.2, 0) is 16.6 Å². The van der Waals surface area contributed by atoms with Gasteiger partial charge in [-0.3, -0.25) is 4.90 Å². The maximum Gasteiger partial charge on any atom is 0.328 e. The van der Waals surface area contributed by atoms with E-state index in [1.54, 1.807) is 18.5 Å². The Hall–Kier alpha value is -4.62. The number of nitrogens with zero attached hydrogens (tertiary/aromatic N) is 10. The van der Waals surface area contributed by atoms with Gasteiger partial charge < -0.3 is 25.0 Å². The second kappa shape index (κ2) is 14.7. The molecule has 2 aliphatic rings. The number of ether oxygens (including phenoxy) is 1. The Morgan fingerprint density at radius 3 is 2.86 bits per heavy atom. The SMILES string of the molecule is CC(C)[C@@H](C(=O)O)n1cc(OCCCC(C)N2CCCN(c3nccc(-c4noc([C@@]5(C)CCCc6sc(N)c(C#N)c65)n4)n3)[C@@H](C)C2)nn1. The van der Waals surface area contributed by atoms with Gasteiger partial charge in [0.05, 0.1) is 23.8 Å². The van der Waals surface area contributed by atoms with Crippen molar-refractivity contribution in [1.29, 1.82) is 5.26 Å². The van der Waals surface area contributed by atoms with Gasteiger partial charge in [-0.1, -0.05) is 29.3 Å². The number of nitriles is 1. The third-order valence-electron chi connectivity index (χ3n) is 9.95. The van der Waals surface area contributed by atoms with Crippen molar-refractivity contribution in [3.8, 4) is 23.5 Å². The predicted molar refractivity (Wildman–Crippen MR) is 187 cm³/mol. The Bertz CT molecular complexity index is 1850. The molecular weight excluding hydrogens is 659 g/mol. The average Bonchev–Trinajstić information content (AvgIpc) is 3.80. The van der Waals surface area contributed by atoms with Crippen molar-refractivity contribution in [3.05, 3.63) is 40.4 Å². The predicted octanol–water partition coefficient (Wildman–Crippen LogP) is 4.71. The first-order chi connectivity index (χ1) is 24.0. The van der Waals surface area contributed by atoms with Gasteiger partial charge in [0.2, 0.25) is 17.7 Å². The van der Waals surface area contributed by atoms with Gasteiger partial charge in [-0.2, -0.15) is 10.2 Å². The van der Waals surface area contributed by atoms with Crippen LogP contribution in [0.4, 0.5) is 10.9 Å². The number of fused-ring (bicyclic) bond motifs is 1. The van der Waals surface area contributed by atoms with Crippen LogP contribution in [0.15, 0.2) is 23.0 Å². The number of carboxylic acids is 1. The molecule has 4 atom stereocenters. The lowest BCUT2D eigenvalue weighted by Gasteiger charge is -2.32. The summed E-state index contributed by atoms with van der Waals surface area (Å²) in [5, 5.41) is 32.2. The minimum absolute atomic E-state index is 0.129. The lowest BCUT2D eigenvalue weighted by Crippen LogP contribution is -2.42. The third-order valence-corrected chi connectivity index (χ3v) is 11.0. The minimum atomic E-state index is -0.944. The summed E-state index contributed by atoms with van der Waals surface area (Å²) >= 11 is 1.48. The van der Waals surface area contributed by atoms with Gasteiger partial charge in [-0.15, -0.1) is 11.3 Å². The summed E-state index contributed by atoms with van der Waals surface area (Å²) in [5.41, 5.74) is 7.63. The molecule has 1 unspecified atom stereocenters. The quantitative estimate of drug-likeness (QED) is 0.192. The normalized spacial score (nSPS) is 21.0. The zero-order valence-corrected chi connectivity index (χ0v) is 30.1. The Kier molecular flexibility index (Phi) is 10.4. The molecule has 15 nitrogen and oxygen atoms in total. The summed E-state index contributed by atoms with van der Waals surface area (Å²) in [6.45, 7) is 13.3. The highest BCUT2D eigenvalue weighted by Gasteiger charge is 2.43. The highest BCUT2D eigenvalue weighted by molar-refractivity contribution is 7.16. The van der Waals surface area contributed by atoms with Crippen molar-refractivity contribution in [2.45, 2.75) is 96.7 Å². The Balaban J connectivity index is 1.06. The molecule has 4 aromatic heterocycles. The minimum Gasteiger partial charge on any atom is -0.480 e. The van der Waals surface area contributed by atoms with E-state index >= 15 is 0 Å². The summed E-state index contributed by atoms with van der Waals surface area (Å²) in [4.78, 5) is 31.8. The third kappa shape index (κ3) is 7.02. The van der Waals surface area contributed by atoms with Crippen LogP contribution < -0.4 is 15.4 Å². The summed E-state index contributed by atoms with van der Waals surface area (Å²) < 4.78 is 13.0. The van der Waals surface area contributed by atoms with Crippen LogP contribution in [-0.4, -0.2) is 89.4 Å². The van der Waals surface area contributed by atoms with Crippen molar-refractivity contribution in [3.63, 3.8) is 0 Å². The number of nitrogen functional groups attached to an aromatic ring is 1. The molecule has 0 spiro atoms. The fourth-order valence-corrected chi connectivity index (χ4v) is 8.46. The summed E-state index contributed by atoms with van der Waals surface area (Å²) in [6.07, 6.45) is 8.63. The second-order valence-corrected chi connectivity index (χ2v) is 15.0. The summed E-state index contributed by atoms with van der Waals surface area (Å²) in [7, 11) is 0. The number of hydrogen-bond acceptors (Lipinski definition) is 14. The van der Waals surface area contributed by atoms with Crippen LogP contribution in [0.5, 0.6) is 5.88 Å². The van der Waals surface area contributed by atoms with Gasteiger partial charge in [0.1, 0.15) is 16.8 Å². The van der Waals surface area contributed by atoms with Crippen LogP contribution in [0.25, 0.3) is 11.5 Å². The highest BCUT2D eigenvalue weighted by atomic mass is 32.1. The molecule has 266 valence electrons. The molecule has 16 heteroatoms. The number of aryl methyl sites for hydroxylation is 1. The molecule has 1 aliphatic heterocycles. The molecule has 4 aromatic rings. The maximum absolute atomic E-state index is 11.6. The molecule has 0 saturated carbocycles. The lowest BCUT2D eigenvalue weighted by atomic mass is 9.72. The monoisotopic (exact) mass is 703 g/mol. The fraction of sp³-hybridized carbons (Fsp3) is 0.588. The van der Waals surface area contributed by atoms with Crippen LogP contribution in [0, 0.1) is 17.2 Å². The topological polar surface area (TPSA) is 198 Å². The first kappa shape index (κ1) is 35.2. The molecule has 0 amide bonds. The molecule has 6 rings (SSSR count). The molecule has 0 bridgehead atoms. The van der Waals surface area contributed by atoms with E-state index in [9.17, 15) is 15.2 Å². The maximum atomic E-state index is 11.6. The van der Waals surface area contributed by atoms with E-state index in [2.05, 4.69) is 57.1 Å². The summed E-state index contributed by atoms with van der Waals surface area (Å²) in [5.74, 6) is 0.744. The van der Waals surface area contributed by atoms with Crippen molar-refractivity contribution in [2.75, 3.05) is 36.9 Å². The summed E-state index contributed by atoms with van der Waals surface area (Å²) in [6, 6.07) is 3.81. The standard InChI is InChI=1S/C34H45N11O4S/c1-20(2)28(31(46)47)45-19-26(40-42-45)48-16-7-9-21(3)43-14-8-15-44(22(4)18-43)33-37-13-11-24(38-33)30-39-32(49-41-30)34(5)12-6-10-25-27(34)23(17-35)29(36)50-25/h11,13,19-22,28H,6-10,12,14-16,18,36H2,1-5H3,(H,46,47)/t21?,22-,28-,34-/m0/s1. The molecular formula is C34H45N11O4S. The van der Waals surface area contributed by atoms with Crippen LogP contribution in [0.3, 0.4) is 0 Å². The van der Waals surface area contributed by atoms with E-state index in [1.165, 1.54) is 16.0 Å². The van der Waals surface area contributed by atoms with Gasteiger partial charge in [-0.25, -0.2) is 19.4 Å². The second-order valence-electron chi connectivity index (χ2n) is 13.9. The van der Waals surface area contributed by atoms with Crippen LogP contribution in [0.2, 0.25) is 0 Å². The number of carboxylic acid groups (broad SMARTS) is 1. The van der Waals surface area contributed by atoms with Gasteiger partial charge in [0.25, 0.3) is 5.88 Å². The molecule has 1 fully saturated rings. The van der Waals surface area contributed by atoms with Crippen LogP contribution in [0.1, 0.15) is 94.7 Å². The van der Waals surface area contributed by atoms with Crippen molar-refractivity contribution in [1.82, 2.24) is 40.0 Å². The van der Waals surface area contributed by atoms with E-state index in [-0.39, 0.29) is 12.0 Å². The molecule has 5 heterocycles. The van der Waals surface area contributed by atoms with E-state index in [4.69, 9.17) is 25.0 Å². The van der Waals surface area contributed by atoms with Crippen molar-refractivity contribution in [2.24, 2.45) is 5.92 Å². The Labute approximate surface area is 295 Å². The molecule has 0 aromatic carbocycles. The average molecular weight is 704 g/mol. The smallest absolute Gasteiger partial charge is 0.328 e. The van der Waals surface area contributed by atoms with Crippen LogP contribution >= 0.6 is 11.3 Å². The van der Waals surface area contributed by atoms with Crippen molar-refractivity contribution < 1.29 is 19.2 Å². The van der Waals surface area contributed by atoms with E-state index < -0.39 is 17.4 Å². The molecule has 1 aliphatic carbocycles. The number of carbonyl (C=O) groups is 1. The van der Waals surface area contributed by atoms with Gasteiger partial charge in [0, 0.05) is 48.4 Å². The fourth-order valence-electron chi connectivity index (χ4n) is 7.27. The number of aromatic nitrogens is 7. The van der Waals surface area contributed by atoms with Crippen molar-refractivity contribution >= 4 is 28.3 Å². The molecule has 3 N–H and O–H groups in total. The molecule has 0 radical (unpaired) electrons. The Morgan fingerprint density at radius 2 is 2.10 bits per heavy atom. The first-order valence-corrected chi connectivity index (χ1v) is 18.1. The van der Waals surface area contributed by atoms with Gasteiger partial charge >= 0.3 is 5.97 Å². The lowest BCUT2D eigenvalue weighted by molar-refractivity contribution is -0.142. The van der Waals surface area contributed by atoms with Gasteiger partial charge in [0.15, 0.2) is 6.04 Å². The Morgan fingerprint density at radius 1 is 1.28 bits per heavy atom. The number of hydrogen-bond donors (Lipinski definition) is 2. The largest absolute Gasteiger partial charge is 0.480 e. The highest BCUT2D eigenvalue weighted by Crippen LogP contribution is 2.48. The van der Waals surface area contributed by atoms with E-state index in [0.717, 1.165) is 68.6 Å². The number of nitrogens with two attached hydrogens (primary N) is 1. The number of thiophene rings is 1. The van der Waals surface area contributed by atoms with E-state index in [0.29, 0.717) is 52.5 Å². The molecule has 1 saturated heterocycles. The molecule has 50 heavy (non-hydrogen) atoms. The van der Waals surface area contributed by atoms with Gasteiger partial charge in [-0.05, 0) is 71.3 Å². The number of anilines is 2. The zero-order chi connectivity index (χ0) is 35.6. The number of rotatable bonds is 12. The first-order valence-electron chi connectivity index (χ1n) is 17.3. The van der Waals surface area contributed by atoms with E-state index in [1.807, 2.05) is 13.8 Å².